The Balaban J connectivity index is 1.43. The summed E-state index contributed by atoms with van der Waals surface area (Å²) in [4.78, 5) is 29.1. The van der Waals surface area contributed by atoms with E-state index in [-0.39, 0.29) is 11.8 Å². The Kier molecular flexibility index (Phi) is 6.26. The first-order valence-corrected chi connectivity index (χ1v) is 11.0. The highest BCUT2D eigenvalue weighted by molar-refractivity contribution is 7.10. The Morgan fingerprint density at radius 3 is 2.73 bits per heavy atom. The van der Waals surface area contributed by atoms with Crippen molar-refractivity contribution < 1.29 is 9.59 Å². The third kappa shape index (κ3) is 4.78. The van der Waals surface area contributed by atoms with Gasteiger partial charge in [0.25, 0.3) is 5.91 Å². The molecule has 1 fully saturated rings. The Bertz CT molecular complexity index is 1030. The van der Waals surface area contributed by atoms with Gasteiger partial charge >= 0.3 is 0 Å². The van der Waals surface area contributed by atoms with Crippen LogP contribution >= 0.6 is 11.3 Å². The van der Waals surface area contributed by atoms with Gasteiger partial charge in [-0.15, -0.1) is 11.3 Å². The van der Waals surface area contributed by atoms with E-state index >= 15 is 0 Å². The number of hydrogen-bond donors (Lipinski definition) is 2. The summed E-state index contributed by atoms with van der Waals surface area (Å²) in [5.41, 5.74) is 2.78. The van der Waals surface area contributed by atoms with E-state index in [0.29, 0.717) is 23.8 Å². The number of nitrogens with zero attached hydrogens (tertiary/aromatic N) is 1. The van der Waals surface area contributed by atoms with E-state index in [4.69, 9.17) is 0 Å². The fourth-order valence-electron chi connectivity index (χ4n) is 3.90. The molecule has 0 radical (unpaired) electrons. The van der Waals surface area contributed by atoms with E-state index in [2.05, 4.69) is 33.0 Å². The van der Waals surface area contributed by atoms with Gasteiger partial charge < -0.3 is 10.6 Å². The third-order valence-electron chi connectivity index (χ3n) is 5.30. The maximum atomic E-state index is 12.8. The molecule has 1 saturated heterocycles. The molecule has 1 aliphatic heterocycles. The number of aryl methyl sites for hydroxylation is 1. The van der Waals surface area contributed by atoms with Crippen LogP contribution in [-0.4, -0.2) is 29.8 Å². The summed E-state index contributed by atoms with van der Waals surface area (Å²) >= 11 is 1.74. The van der Waals surface area contributed by atoms with Gasteiger partial charge in [0.15, 0.2) is 0 Å². The molecule has 6 heteroatoms. The number of benzene rings is 2. The number of rotatable bonds is 6. The molecule has 2 N–H and O–H groups in total. The third-order valence-corrected chi connectivity index (χ3v) is 6.28. The fourth-order valence-corrected chi connectivity index (χ4v) is 4.80. The smallest absolute Gasteiger partial charge is 0.257 e. The van der Waals surface area contributed by atoms with Gasteiger partial charge in [-0.25, -0.2) is 0 Å². The number of thiophene rings is 1. The molecule has 1 atom stereocenters. The van der Waals surface area contributed by atoms with E-state index in [9.17, 15) is 9.59 Å². The molecule has 30 heavy (non-hydrogen) atoms. The molecule has 1 aliphatic rings. The molecule has 2 heterocycles. The van der Waals surface area contributed by atoms with Crippen LogP contribution in [0.15, 0.2) is 66.0 Å². The molecule has 4 rings (SSSR count). The first-order valence-electron chi connectivity index (χ1n) is 10.1. The number of nitrogens with one attached hydrogen (secondary N) is 2. The number of carbonyl (C=O) groups is 2. The van der Waals surface area contributed by atoms with Crippen molar-refractivity contribution in [3.63, 3.8) is 0 Å². The van der Waals surface area contributed by atoms with Gasteiger partial charge in [0.1, 0.15) is 0 Å². The van der Waals surface area contributed by atoms with Crippen LogP contribution in [0.4, 0.5) is 11.4 Å². The normalized spacial score (nSPS) is 16.4. The molecule has 0 bridgehead atoms. The summed E-state index contributed by atoms with van der Waals surface area (Å²) in [7, 11) is 0. The summed E-state index contributed by atoms with van der Waals surface area (Å²) in [6, 6.07) is 19.3. The second kappa shape index (κ2) is 9.24. The van der Waals surface area contributed by atoms with E-state index in [1.54, 1.807) is 29.5 Å². The van der Waals surface area contributed by atoms with Crippen LogP contribution in [0.5, 0.6) is 0 Å². The Hall–Kier alpha value is -2.96. The predicted molar refractivity (Wildman–Crippen MR) is 122 cm³/mol. The van der Waals surface area contributed by atoms with Gasteiger partial charge in [-0.05, 0) is 67.6 Å². The topological polar surface area (TPSA) is 61.4 Å². The lowest BCUT2D eigenvalue weighted by Gasteiger charge is -2.23. The van der Waals surface area contributed by atoms with Crippen LogP contribution in [0.1, 0.15) is 39.7 Å². The van der Waals surface area contributed by atoms with E-state index in [0.717, 1.165) is 30.6 Å². The fraction of sp³-hybridized carbons (Fsp3) is 0.250. The van der Waals surface area contributed by atoms with Crippen molar-refractivity contribution in [3.05, 3.63) is 82.0 Å². The second-order valence-corrected chi connectivity index (χ2v) is 8.54. The summed E-state index contributed by atoms with van der Waals surface area (Å²) in [5, 5.41) is 7.93. The molecule has 0 unspecified atom stereocenters. The molecule has 0 saturated carbocycles. The second-order valence-electron chi connectivity index (χ2n) is 7.56. The highest BCUT2D eigenvalue weighted by Crippen LogP contribution is 2.34. The van der Waals surface area contributed by atoms with E-state index < -0.39 is 0 Å². The van der Waals surface area contributed by atoms with Crippen molar-refractivity contribution in [1.82, 2.24) is 4.90 Å². The van der Waals surface area contributed by atoms with Gasteiger partial charge in [-0.3, -0.25) is 14.5 Å². The van der Waals surface area contributed by atoms with Crippen molar-refractivity contribution in [2.45, 2.75) is 25.8 Å². The lowest BCUT2D eigenvalue weighted by Crippen LogP contribution is -2.33. The van der Waals surface area contributed by atoms with Crippen molar-refractivity contribution >= 4 is 34.5 Å². The average Bonchev–Trinajstić information content (AvgIpc) is 3.40. The largest absolute Gasteiger partial charge is 0.324 e. The maximum Gasteiger partial charge on any atom is 0.257 e. The van der Waals surface area contributed by atoms with Crippen LogP contribution in [0.25, 0.3) is 0 Å². The zero-order valence-electron chi connectivity index (χ0n) is 16.9. The Morgan fingerprint density at radius 2 is 1.93 bits per heavy atom. The number of carbonyl (C=O) groups excluding carboxylic acids is 2. The Morgan fingerprint density at radius 1 is 1.07 bits per heavy atom. The van der Waals surface area contributed by atoms with Gasteiger partial charge in [0.2, 0.25) is 5.91 Å². The standard InChI is InChI=1S/C24H25N3O2S/c1-17-7-4-8-18(15-17)25-24(29)19-9-2-3-10-20(19)26-23(28)16-27-13-5-11-21(27)22-12-6-14-30-22/h2-4,6-10,12,14-15,21H,5,11,13,16H2,1H3,(H,25,29)(H,26,28)/t21-/m0/s1. The van der Waals surface area contributed by atoms with Crippen molar-refractivity contribution in [3.8, 4) is 0 Å². The number of amides is 2. The molecule has 0 aliphatic carbocycles. The molecule has 154 valence electrons. The zero-order chi connectivity index (χ0) is 20.9. The quantitative estimate of drug-likeness (QED) is 0.585. The molecule has 2 aromatic carbocycles. The molecule has 1 aromatic heterocycles. The van der Waals surface area contributed by atoms with Gasteiger partial charge in [-0.1, -0.05) is 30.3 Å². The molecule has 2 amide bonds. The molecular formula is C24H25N3O2S. The summed E-state index contributed by atoms with van der Waals surface area (Å²) < 4.78 is 0. The minimum absolute atomic E-state index is 0.103. The van der Waals surface area contributed by atoms with Crippen LogP contribution in [-0.2, 0) is 4.79 Å². The zero-order valence-corrected chi connectivity index (χ0v) is 17.7. The SMILES string of the molecule is Cc1cccc(NC(=O)c2ccccc2NC(=O)CN2CCC[C@H]2c2cccs2)c1. The molecule has 3 aromatic rings. The number of anilines is 2. The molecule has 5 nitrogen and oxygen atoms in total. The van der Waals surface area contributed by atoms with Gasteiger partial charge in [-0.2, -0.15) is 0 Å². The van der Waals surface area contributed by atoms with E-state index in [1.165, 1.54) is 4.88 Å². The van der Waals surface area contributed by atoms with Crippen LogP contribution in [0, 0.1) is 6.92 Å². The average molecular weight is 420 g/mol. The number of likely N-dealkylation sites (tertiary alicyclic amines) is 1. The molecule has 0 spiro atoms. The Labute approximate surface area is 180 Å². The number of hydrogen-bond acceptors (Lipinski definition) is 4. The minimum Gasteiger partial charge on any atom is -0.324 e. The highest BCUT2D eigenvalue weighted by atomic mass is 32.1. The van der Waals surface area contributed by atoms with Crippen LogP contribution in [0.2, 0.25) is 0 Å². The lowest BCUT2D eigenvalue weighted by atomic mass is 10.1. The predicted octanol–water partition coefficient (Wildman–Crippen LogP) is 5.08. The molecular weight excluding hydrogens is 394 g/mol. The van der Waals surface area contributed by atoms with Crippen LogP contribution < -0.4 is 10.6 Å². The van der Waals surface area contributed by atoms with Crippen molar-refractivity contribution in [2.75, 3.05) is 23.7 Å². The highest BCUT2D eigenvalue weighted by Gasteiger charge is 2.28. The monoisotopic (exact) mass is 419 g/mol. The van der Waals surface area contributed by atoms with Crippen molar-refractivity contribution in [1.29, 1.82) is 0 Å². The van der Waals surface area contributed by atoms with Gasteiger partial charge in [0.05, 0.1) is 17.8 Å². The lowest BCUT2D eigenvalue weighted by molar-refractivity contribution is -0.117. The summed E-state index contributed by atoms with van der Waals surface area (Å²) in [6.07, 6.45) is 2.16. The summed E-state index contributed by atoms with van der Waals surface area (Å²) in [5.74, 6) is -0.344. The minimum atomic E-state index is -0.242. The first kappa shape index (κ1) is 20.3. The van der Waals surface area contributed by atoms with Crippen molar-refractivity contribution in [2.24, 2.45) is 0 Å². The maximum absolute atomic E-state index is 12.8. The van der Waals surface area contributed by atoms with Crippen LogP contribution in [0.3, 0.4) is 0 Å². The summed E-state index contributed by atoms with van der Waals surface area (Å²) in [6.45, 7) is 3.20. The number of para-hydroxylation sites is 1. The first-order chi connectivity index (χ1) is 14.6. The van der Waals surface area contributed by atoms with Gasteiger partial charge in [0, 0.05) is 16.6 Å². The van der Waals surface area contributed by atoms with E-state index in [1.807, 2.05) is 37.3 Å².